The molecule has 0 saturated heterocycles. The van der Waals surface area contributed by atoms with E-state index in [1.54, 1.807) is 55.5 Å². The molecule has 48 heavy (non-hydrogen) atoms. The molecule has 0 spiro atoms. The van der Waals surface area contributed by atoms with Crippen LogP contribution in [0.2, 0.25) is 0 Å². The molecule has 11 nitrogen and oxygen atoms in total. The molecule has 0 radical (unpaired) electrons. The van der Waals surface area contributed by atoms with Crippen LogP contribution in [0, 0.1) is 17.3 Å². The van der Waals surface area contributed by atoms with Crippen molar-refractivity contribution >= 4 is 63.7 Å². The number of hydrogen-bond acceptors (Lipinski definition) is 8. The van der Waals surface area contributed by atoms with E-state index >= 15 is 0 Å². The van der Waals surface area contributed by atoms with Crippen LogP contribution in [0.1, 0.15) is 82.3 Å². The first-order valence-electron chi connectivity index (χ1n) is 16.0. The van der Waals surface area contributed by atoms with Gasteiger partial charge in [-0.05, 0) is 47.9 Å². The molecule has 0 saturated carbocycles. The lowest BCUT2D eigenvalue weighted by Gasteiger charge is -2.22. The average Bonchev–Trinajstić information content (AvgIpc) is 3.03. The van der Waals surface area contributed by atoms with Crippen LogP contribution in [0.15, 0.2) is 48.5 Å². The summed E-state index contributed by atoms with van der Waals surface area (Å²) in [7, 11) is 0. The second-order valence-electron chi connectivity index (χ2n) is 13.3. The van der Waals surface area contributed by atoms with Crippen LogP contribution in [0.3, 0.4) is 0 Å². The zero-order chi connectivity index (χ0) is 35.9. The number of amides is 3. The highest BCUT2D eigenvalue weighted by Crippen LogP contribution is 2.20. The first kappa shape index (κ1) is 40.4. The van der Waals surface area contributed by atoms with Gasteiger partial charge in [0.2, 0.25) is 11.8 Å². The van der Waals surface area contributed by atoms with Crippen LogP contribution in [0.25, 0.3) is 0 Å². The third-order valence-corrected chi connectivity index (χ3v) is 8.06. The van der Waals surface area contributed by atoms with Crippen molar-refractivity contribution in [2.24, 2.45) is 17.3 Å². The van der Waals surface area contributed by atoms with E-state index in [-0.39, 0.29) is 54.9 Å². The number of nitrogens with one attached hydrogen (secondary N) is 3. The highest BCUT2D eigenvalue weighted by molar-refractivity contribution is 14.1. The molecule has 0 fully saturated rings. The van der Waals surface area contributed by atoms with Gasteiger partial charge in [0, 0.05) is 43.0 Å². The predicted molar refractivity (Wildman–Crippen MR) is 192 cm³/mol. The number of hydrogen-bond donors (Lipinski definition) is 3. The van der Waals surface area contributed by atoms with Gasteiger partial charge in [-0.15, -0.1) is 0 Å². The van der Waals surface area contributed by atoms with E-state index in [1.807, 2.05) is 57.2 Å². The summed E-state index contributed by atoms with van der Waals surface area (Å²) in [5.41, 5.74) is 2.38. The maximum absolute atomic E-state index is 13.1. The Hall–Kier alpha value is -3.81. The highest BCUT2D eigenvalue weighted by atomic mass is 127. The number of carbonyl (C=O) groups excluding carboxylic acids is 6. The first-order chi connectivity index (χ1) is 22.6. The minimum absolute atomic E-state index is 0.0118. The topological polar surface area (TPSA) is 157 Å². The number of benzene rings is 2. The van der Waals surface area contributed by atoms with E-state index in [1.165, 1.54) is 0 Å². The Kier molecular flexibility index (Phi) is 16.7. The summed E-state index contributed by atoms with van der Waals surface area (Å²) in [6.07, 6.45) is 0.312. The number of anilines is 1. The van der Waals surface area contributed by atoms with E-state index < -0.39 is 29.9 Å². The number of esters is 1. The number of alkyl carbamates (subject to hydrolysis) is 1. The molecule has 0 aliphatic heterocycles. The summed E-state index contributed by atoms with van der Waals surface area (Å²) in [5, 5.41) is 8.08. The van der Waals surface area contributed by atoms with Crippen molar-refractivity contribution in [3.8, 4) is 0 Å². The van der Waals surface area contributed by atoms with Crippen LogP contribution in [-0.2, 0) is 41.7 Å². The van der Waals surface area contributed by atoms with Crippen LogP contribution >= 0.6 is 22.6 Å². The first-order valence-corrected chi connectivity index (χ1v) is 17.6. The summed E-state index contributed by atoms with van der Waals surface area (Å²) in [6.45, 7) is 11.8. The fourth-order valence-electron chi connectivity index (χ4n) is 4.35. The van der Waals surface area contributed by atoms with E-state index in [0.29, 0.717) is 40.7 Å². The normalized spacial score (nSPS) is 12.4. The molecule has 0 bridgehead atoms. The fourth-order valence-corrected chi connectivity index (χ4v) is 4.61. The van der Waals surface area contributed by atoms with Crippen LogP contribution in [0.4, 0.5) is 10.5 Å². The SMILES string of the molecule is CC(C)[C@H](CC(=O)c1ccc(CC(=O)CI)cc1)C(=O)N[C@@H](C)C(=O)Nc1ccc(COC(=O)NCCCC(=O)OCC(C)(C)C)cc1. The molecule has 0 aliphatic carbocycles. The van der Waals surface area contributed by atoms with Crippen molar-refractivity contribution in [3.63, 3.8) is 0 Å². The van der Waals surface area contributed by atoms with Gasteiger partial charge in [-0.2, -0.15) is 0 Å². The molecule has 2 aromatic rings. The zero-order valence-electron chi connectivity index (χ0n) is 28.7. The number of ketones is 2. The summed E-state index contributed by atoms with van der Waals surface area (Å²) >= 11 is 2.02. The second kappa shape index (κ2) is 19.9. The Morgan fingerprint density at radius 2 is 1.46 bits per heavy atom. The lowest BCUT2D eigenvalue weighted by atomic mass is 9.87. The van der Waals surface area contributed by atoms with Gasteiger partial charge in [-0.1, -0.05) is 93.6 Å². The van der Waals surface area contributed by atoms with Crippen molar-refractivity contribution in [2.75, 3.05) is 22.9 Å². The fraction of sp³-hybridized carbons (Fsp3) is 0.500. The Morgan fingerprint density at radius 1 is 0.833 bits per heavy atom. The zero-order valence-corrected chi connectivity index (χ0v) is 30.8. The molecule has 3 amide bonds. The smallest absolute Gasteiger partial charge is 0.407 e. The molecule has 262 valence electrons. The van der Waals surface area contributed by atoms with Gasteiger partial charge in [0.1, 0.15) is 18.4 Å². The monoisotopic (exact) mass is 777 g/mol. The molecule has 0 aliphatic rings. The summed E-state index contributed by atoms with van der Waals surface area (Å²) in [6, 6.07) is 12.7. The second-order valence-corrected chi connectivity index (χ2v) is 14.0. The Balaban J connectivity index is 1.78. The van der Waals surface area contributed by atoms with Crippen molar-refractivity contribution < 1.29 is 38.2 Å². The van der Waals surface area contributed by atoms with Gasteiger partial charge in [0.25, 0.3) is 0 Å². The number of ether oxygens (including phenoxy) is 2. The van der Waals surface area contributed by atoms with Crippen molar-refractivity contribution in [2.45, 2.75) is 79.9 Å². The number of rotatable bonds is 18. The van der Waals surface area contributed by atoms with Crippen LogP contribution in [0.5, 0.6) is 0 Å². The Morgan fingerprint density at radius 3 is 2.04 bits per heavy atom. The third kappa shape index (κ3) is 15.4. The average molecular weight is 778 g/mol. The molecule has 3 N–H and O–H groups in total. The molecule has 12 heteroatoms. The summed E-state index contributed by atoms with van der Waals surface area (Å²) < 4.78 is 10.8. The van der Waals surface area contributed by atoms with Gasteiger partial charge in [-0.3, -0.25) is 24.0 Å². The van der Waals surface area contributed by atoms with Gasteiger partial charge in [0.15, 0.2) is 5.78 Å². The Bertz CT molecular complexity index is 1400. The standard InChI is InChI=1S/C36H48IN3O8/c1-23(2)30(19-31(42)27-13-9-25(10-14-27)18-29(41)20-37)34(45)39-24(3)33(44)40-28-15-11-26(12-16-28)21-47-35(46)38-17-7-8-32(43)48-22-36(4,5)6/h9-16,23-24,30H,7-8,17-22H2,1-6H3,(H,38,46)(H,39,45)(H,40,44)/t24-,30-/m0/s1. The molecule has 0 heterocycles. The molecule has 0 aromatic heterocycles. The van der Waals surface area contributed by atoms with Gasteiger partial charge < -0.3 is 25.4 Å². The third-order valence-electron chi connectivity index (χ3n) is 7.21. The number of alkyl halides is 1. The van der Waals surface area contributed by atoms with Crippen molar-refractivity contribution in [1.29, 1.82) is 0 Å². The van der Waals surface area contributed by atoms with Crippen molar-refractivity contribution in [3.05, 3.63) is 65.2 Å². The van der Waals surface area contributed by atoms with Crippen molar-refractivity contribution in [1.82, 2.24) is 10.6 Å². The molecule has 2 atom stereocenters. The molecule has 2 rings (SSSR count). The number of halogens is 1. The summed E-state index contributed by atoms with van der Waals surface area (Å²) in [5.74, 6) is -2.01. The molecule has 0 unspecified atom stereocenters. The number of carbonyl (C=O) groups is 6. The lowest BCUT2D eigenvalue weighted by Crippen LogP contribution is -2.45. The highest BCUT2D eigenvalue weighted by Gasteiger charge is 2.28. The minimum atomic E-state index is -0.865. The van der Waals surface area contributed by atoms with E-state index in [9.17, 15) is 28.8 Å². The van der Waals surface area contributed by atoms with E-state index in [0.717, 1.165) is 5.56 Å². The van der Waals surface area contributed by atoms with Gasteiger partial charge in [-0.25, -0.2) is 4.79 Å². The molecular formula is C36H48IN3O8. The van der Waals surface area contributed by atoms with E-state index in [2.05, 4.69) is 16.0 Å². The quantitative estimate of drug-likeness (QED) is 0.0563. The number of Topliss-reactive ketones (excluding diaryl/α,β-unsaturated/α-hetero) is 2. The molecule has 2 aromatic carbocycles. The maximum atomic E-state index is 13.1. The molecular weight excluding hydrogens is 729 g/mol. The lowest BCUT2D eigenvalue weighted by molar-refractivity contribution is -0.146. The van der Waals surface area contributed by atoms with Crippen LogP contribution in [-0.4, -0.2) is 59.1 Å². The predicted octanol–water partition coefficient (Wildman–Crippen LogP) is 5.82. The largest absolute Gasteiger partial charge is 0.465 e. The van der Waals surface area contributed by atoms with Crippen LogP contribution < -0.4 is 16.0 Å². The van der Waals surface area contributed by atoms with Gasteiger partial charge >= 0.3 is 12.1 Å². The van der Waals surface area contributed by atoms with E-state index in [4.69, 9.17) is 9.47 Å². The Labute approximate surface area is 296 Å². The van der Waals surface area contributed by atoms with Gasteiger partial charge in [0.05, 0.1) is 11.0 Å². The summed E-state index contributed by atoms with van der Waals surface area (Å²) in [4.78, 5) is 74.4. The maximum Gasteiger partial charge on any atom is 0.407 e. The minimum Gasteiger partial charge on any atom is -0.465 e.